The van der Waals surface area contributed by atoms with E-state index in [1.54, 1.807) is 12.1 Å². The average molecular weight is 379 g/mol. The molecule has 6 heteroatoms. The first-order valence-electron chi connectivity index (χ1n) is 5.30. The Hall–Kier alpha value is -0.880. The first kappa shape index (κ1) is 15.2. The van der Waals surface area contributed by atoms with Crippen molar-refractivity contribution in [3.8, 4) is 0 Å². The fourth-order valence-electron chi connectivity index (χ4n) is 1.41. The molecule has 1 aromatic carbocycles. The summed E-state index contributed by atoms with van der Waals surface area (Å²) in [5.41, 5.74) is 0.516. The molecule has 0 unspecified atom stereocenters. The molecule has 18 heavy (non-hydrogen) atoms. The molecule has 0 heterocycles. The molecule has 0 aliphatic carbocycles. The van der Waals surface area contributed by atoms with Crippen LogP contribution in [0.3, 0.4) is 0 Å². The minimum atomic E-state index is -0.431. The standard InChI is InChI=1S/C12H13Br2NO3/c1-3-15(7-11(16)18-2)12(17)8-4-9(13)6-10(14)5-8/h4-6H,3,7H2,1-2H3. The van der Waals surface area contributed by atoms with E-state index in [1.165, 1.54) is 12.0 Å². The van der Waals surface area contributed by atoms with E-state index >= 15 is 0 Å². The Labute approximate surface area is 123 Å². The van der Waals surface area contributed by atoms with Gasteiger partial charge in [-0.05, 0) is 25.1 Å². The summed E-state index contributed by atoms with van der Waals surface area (Å²) in [4.78, 5) is 24.9. The molecule has 0 aliphatic heterocycles. The first-order chi connectivity index (χ1) is 8.47. The van der Waals surface area contributed by atoms with Crippen LogP contribution >= 0.6 is 31.9 Å². The van der Waals surface area contributed by atoms with Gasteiger partial charge in [0, 0.05) is 21.1 Å². The maximum absolute atomic E-state index is 12.2. The van der Waals surface area contributed by atoms with Crippen molar-refractivity contribution >= 4 is 43.7 Å². The summed E-state index contributed by atoms with van der Waals surface area (Å²) < 4.78 is 6.17. The maximum Gasteiger partial charge on any atom is 0.325 e. The van der Waals surface area contributed by atoms with Gasteiger partial charge < -0.3 is 9.64 Å². The van der Waals surface area contributed by atoms with Crippen molar-refractivity contribution in [2.45, 2.75) is 6.92 Å². The number of ether oxygens (including phenoxy) is 1. The number of benzene rings is 1. The number of methoxy groups -OCH3 is 1. The number of likely N-dealkylation sites (N-methyl/N-ethyl adjacent to an activating group) is 1. The molecule has 0 bridgehead atoms. The summed E-state index contributed by atoms with van der Waals surface area (Å²) in [5, 5.41) is 0. The Morgan fingerprint density at radius 2 is 1.78 bits per heavy atom. The molecule has 0 atom stereocenters. The van der Waals surface area contributed by atoms with Crippen LogP contribution in [0.2, 0.25) is 0 Å². The molecule has 0 fully saturated rings. The smallest absolute Gasteiger partial charge is 0.325 e. The van der Waals surface area contributed by atoms with E-state index < -0.39 is 5.97 Å². The molecule has 0 saturated heterocycles. The quantitative estimate of drug-likeness (QED) is 0.757. The minimum Gasteiger partial charge on any atom is -0.468 e. The molecular formula is C12H13Br2NO3. The SMILES string of the molecule is CCN(CC(=O)OC)C(=O)c1cc(Br)cc(Br)c1. The maximum atomic E-state index is 12.2. The number of carbonyl (C=O) groups is 2. The topological polar surface area (TPSA) is 46.6 Å². The predicted octanol–water partition coefficient (Wildman–Crippen LogP) is 2.85. The van der Waals surface area contributed by atoms with Gasteiger partial charge in [-0.25, -0.2) is 0 Å². The van der Waals surface area contributed by atoms with E-state index in [1.807, 2.05) is 13.0 Å². The van der Waals surface area contributed by atoms with E-state index in [0.29, 0.717) is 12.1 Å². The van der Waals surface area contributed by atoms with Crippen LogP contribution in [0.5, 0.6) is 0 Å². The van der Waals surface area contributed by atoms with E-state index in [2.05, 4.69) is 36.6 Å². The third-order valence-corrected chi connectivity index (χ3v) is 3.24. The van der Waals surface area contributed by atoms with E-state index in [-0.39, 0.29) is 12.5 Å². The van der Waals surface area contributed by atoms with Crippen molar-refractivity contribution in [2.75, 3.05) is 20.2 Å². The van der Waals surface area contributed by atoms with Crippen LogP contribution in [0.15, 0.2) is 27.1 Å². The summed E-state index contributed by atoms with van der Waals surface area (Å²) in [5.74, 6) is -0.635. The van der Waals surface area contributed by atoms with Gasteiger partial charge in [0.25, 0.3) is 5.91 Å². The molecule has 0 saturated carbocycles. The average Bonchev–Trinajstić information content (AvgIpc) is 2.33. The summed E-state index contributed by atoms with van der Waals surface area (Å²) >= 11 is 6.65. The highest BCUT2D eigenvalue weighted by atomic mass is 79.9. The third-order valence-electron chi connectivity index (χ3n) is 2.33. The molecule has 0 aromatic heterocycles. The van der Waals surface area contributed by atoms with Crippen LogP contribution in [0.4, 0.5) is 0 Å². The van der Waals surface area contributed by atoms with Crippen LogP contribution in [0.25, 0.3) is 0 Å². The van der Waals surface area contributed by atoms with Crippen molar-refractivity contribution in [3.05, 3.63) is 32.7 Å². The Morgan fingerprint density at radius 3 is 2.22 bits per heavy atom. The zero-order chi connectivity index (χ0) is 13.7. The largest absolute Gasteiger partial charge is 0.468 e. The Bertz CT molecular complexity index is 442. The van der Waals surface area contributed by atoms with Gasteiger partial charge in [-0.1, -0.05) is 31.9 Å². The van der Waals surface area contributed by atoms with Gasteiger partial charge in [0.15, 0.2) is 0 Å². The first-order valence-corrected chi connectivity index (χ1v) is 6.88. The van der Waals surface area contributed by atoms with Gasteiger partial charge in [-0.3, -0.25) is 9.59 Å². The molecular weight excluding hydrogens is 366 g/mol. The number of halogens is 2. The molecule has 0 spiro atoms. The second-order valence-electron chi connectivity index (χ2n) is 3.55. The zero-order valence-corrected chi connectivity index (χ0v) is 13.2. The Morgan fingerprint density at radius 1 is 1.22 bits per heavy atom. The molecule has 98 valence electrons. The molecule has 0 N–H and O–H groups in total. The summed E-state index contributed by atoms with van der Waals surface area (Å²) in [6.45, 7) is 2.21. The second kappa shape index (κ2) is 6.89. The normalized spacial score (nSPS) is 10.0. The number of hydrogen-bond acceptors (Lipinski definition) is 3. The van der Waals surface area contributed by atoms with Gasteiger partial charge in [0.05, 0.1) is 7.11 Å². The lowest BCUT2D eigenvalue weighted by molar-refractivity contribution is -0.141. The Balaban J connectivity index is 2.92. The van der Waals surface area contributed by atoms with Gasteiger partial charge in [0.2, 0.25) is 0 Å². The number of esters is 1. The minimum absolute atomic E-state index is 0.0457. The lowest BCUT2D eigenvalue weighted by Crippen LogP contribution is -2.36. The number of carbonyl (C=O) groups excluding carboxylic acids is 2. The molecule has 0 aliphatic rings. The van der Waals surface area contributed by atoms with Crippen molar-refractivity contribution in [2.24, 2.45) is 0 Å². The van der Waals surface area contributed by atoms with E-state index in [0.717, 1.165) is 8.95 Å². The highest BCUT2D eigenvalue weighted by Crippen LogP contribution is 2.21. The van der Waals surface area contributed by atoms with E-state index in [4.69, 9.17) is 0 Å². The van der Waals surface area contributed by atoms with Gasteiger partial charge >= 0.3 is 5.97 Å². The highest BCUT2D eigenvalue weighted by Gasteiger charge is 2.18. The van der Waals surface area contributed by atoms with Crippen molar-refractivity contribution in [3.63, 3.8) is 0 Å². The molecule has 1 aromatic rings. The Kier molecular flexibility index (Phi) is 5.81. The van der Waals surface area contributed by atoms with Crippen LogP contribution in [-0.4, -0.2) is 37.0 Å². The van der Waals surface area contributed by atoms with Crippen molar-refractivity contribution in [1.82, 2.24) is 4.90 Å². The predicted molar refractivity (Wildman–Crippen MR) is 75.4 cm³/mol. The number of amides is 1. The van der Waals surface area contributed by atoms with Gasteiger partial charge in [-0.2, -0.15) is 0 Å². The lowest BCUT2D eigenvalue weighted by atomic mass is 10.2. The van der Waals surface area contributed by atoms with Crippen LogP contribution in [0.1, 0.15) is 17.3 Å². The second-order valence-corrected chi connectivity index (χ2v) is 5.38. The molecule has 0 radical (unpaired) electrons. The van der Waals surface area contributed by atoms with Crippen molar-refractivity contribution < 1.29 is 14.3 Å². The fourth-order valence-corrected chi connectivity index (χ4v) is 2.70. The zero-order valence-electron chi connectivity index (χ0n) is 10.1. The van der Waals surface area contributed by atoms with Crippen LogP contribution in [-0.2, 0) is 9.53 Å². The van der Waals surface area contributed by atoms with Gasteiger partial charge in [-0.15, -0.1) is 0 Å². The lowest BCUT2D eigenvalue weighted by Gasteiger charge is -2.19. The highest BCUT2D eigenvalue weighted by molar-refractivity contribution is 9.11. The third kappa shape index (κ3) is 4.10. The van der Waals surface area contributed by atoms with E-state index in [9.17, 15) is 9.59 Å². The van der Waals surface area contributed by atoms with Crippen molar-refractivity contribution in [1.29, 1.82) is 0 Å². The van der Waals surface area contributed by atoms with Gasteiger partial charge in [0.1, 0.15) is 6.54 Å². The fraction of sp³-hybridized carbons (Fsp3) is 0.333. The monoisotopic (exact) mass is 377 g/mol. The summed E-state index contributed by atoms with van der Waals surface area (Å²) in [6, 6.07) is 5.27. The number of nitrogens with zero attached hydrogens (tertiary/aromatic N) is 1. The number of rotatable bonds is 4. The molecule has 1 amide bonds. The van der Waals surface area contributed by atoms with Crippen LogP contribution < -0.4 is 0 Å². The molecule has 4 nitrogen and oxygen atoms in total. The summed E-state index contributed by atoms with van der Waals surface area (Å²) in [6.07, 6.45) is 0. The number of hydrogen-bond donors (Lipinski definition) is 0. The van der Waals surface area contributed by atoms with Crippen LogP contribution in [0, 0.1) is 0 Å². The summed E-state index contributed by atoms with van der Waals surface area (Å²) in [7, 11) is 1.30. The molecule has 1 rings (SSSR count).